The standard InChI is InChI=1S/C9H8O2.C2H2O4/c10-9(11)7-6-8-4-2-1-3-5-8;3-1(4)2(5)6/h1-7H,(H,10,11);(H,3,4)(H,5,6). The van der Waals surface area contributed by atoms with Crippen molar-refractivity contribution in [2.75, 3.05) is 0 Å². The van der Waals surface area contributed by atoms with Gasteiger partial charge in [0.25, 0.3) is 0 Å². The van der Waals surface area contributed by atoms with Gasteiger partial charge in [-0.2, -0.15) is 0 Å². The molecule has 6 nitrogen and oxygen atoms in total. The summed E-state index contributed by atoms with van der Waals surface area (Å²) in [4.78, 5) is 28.3. The van der Waals surface area contributed by atoms with Crippen LogP contribution in [-0.4, -0.2) is 33.2 Å². The summed E-state index contributed by atoms with van der Waals surface area (Å²) >= 11 is 0. The van der Waals surface area contributed by atoms with Crippen LogP contribution in [-0.2, 0) is 14.4 Å². The molecule has 17 heavy (non-hydrogen) atoms. The van der Waals surface area contributed by atoms with E-state index >= 15 is 0 Å². The van der Waals surface area contributed by atoms with E-state index < -0.39 is 17.9 Å². The molecule has 0 radical (unpaired) electrons. The summed E-state index contributed by atoms with van der Waals surface area (Å²) < 4.78 is 0. The maximum Gasteiger partial charge on any atom is 0.414 e. The highest BCUT2D eigenvalue weighted by molar-refractivity contribution is 6.27. The highest BCUT2D eigenvalue weighted by atomic mass is 16.4. The Hall–Kier alpha value is -2.63. The van der Waals surface area contributed by atoms with Gasteiger partial charge in [0.2, 0.25) is 0 Å². The monoisotopic (exact) mass is 238 g/mol. The normalized spacial score (nSPS) is 9.18. The topological polar surface area (TPSA) is 112 Å². The molecule has 0 aliphatic rings. The lowest BCUT2D eigenvalue weighted by Gasteiger charge is -1.87. The quantitative estimate of drug-likeness (QED) is 0.522. The van der Waals surface area contributed by atoms with Crippen LogP contribution in [0, 0.1) is 0 Å². The van der Waals surface area contributed by atoms with Crippen molar-refractivity contribution in [1.29, 1.82) is 0 Å². The first-order chi connectivity index (χ1) is 7.93. The first-order valence-electron chi connectivity index (χ1n) is 4.35. The number of benzene rings is 1. The molecule has 6 heteroatoms. The van der Waals surface area contributed by atoms with Crippen molar-refractivity contribution in [1.82, 2.24) is 0 Å². The average Bonchev–Trinajstić information content (AvgIpc) is 2.28. The van der Waals surface area contributed by atoms with Gasteiger partial charge in [-0.05, 0) is 11.6 Å². The van der Waals surface area contributed by atoms with Gasteiger partial charge in [0.1, 0.15) is 0 Å². The Kier molecular flexibility index (Phi) is 6.45. The fraction of sp³-hybridized carbons (Fsp3) is 0. The van der Waals surface area contributed by atoms with E-state index in [1.54, 1.807) is 6.08 Å². The molecule has 0 bridgehead atoms. The number of carboxylic acid groups (broad SMARTS) is 3. The van der Waals surface area contributed by atoms with E-state index in [2.05, 4.69) is 0 Å². The van der Waals surface area contributed by atoms with E-state index in [4.69, 9.17) is 24.9 Å². The number of carbonyl (C=O) groups is 3. The van der Waals surface area contributed by atoms with Crippen molar-refractivity contribution < 1.29 is 29.7 Å². The van der Waals surface area contributed by atoms with Gasteiger partial charge in [-0.15, -0.1) is 0 Å². The van der Waals surface area contributed by atoms with Gasteiger partial charge < -0.3 is 15.3 Å². The molecule has 0 saturated heterocycles. The molecule has 0 amide bonds. The number of carboxylic acids is 3. The Morgan fingerprint density at radius 1 is 0.882 bits per heavy atom. The highest BCUT2D eigenvalue weighted by Gasteiger charge is 2.04. The lowest BCUT2D eigenvalue weighted by molar-refractivity contribution is -0.159. The molecular weight excluding hydrogens is 228 g/mol. The number of rotatable bonds is 2. The zero-order chi connectivity index (χ0) is 13.3. The van der Waals surface area contributed by atoms with Crippen LogP contribution in [0.5, 0.6) is 0 Å². The predicted octanol–water partition coefficient (Wildman–Crippen LogP) is 0.940. The summed E-state index contributed by atoms with van der Waals surface area (Å²) in [6, 6.07) is 9.31. The summed E-state index contributed by atoms with van der Waals surface area (Å²) in [5.41, 5.74) is 0.898. The maximum absolute atomic E-state index is 10.1. The summed E-state index contributed by atoms with van der Waals surface area (Å²) in [5, 5.41) is 23.1. The van der Waals surface area contributed by atoms with Gasteiger partial charge in [0, 0.05) is 6.08 Å². The highest BCUT2D eigenvalue weighted by Crippen LogP contribution is 1.99. The zero-order valence-corrected chi connectivity index (χ0v) is 8.61. The van der Waals surface area contributed by atoms with Crippen LogP contribution in [0.25, 0.3) is 6.08 Å². The summed E-state index contributed by atoms with van der Waals surface area (Å²) in [7, 11) is 0. The molecule has 1 aromatic carbocycles. The molecule has 0 aliphatic carbocycles. The number of hydrogen-bond donors (Lipinski definition) is 3. The number of aliphatic carboxylic acids is 3. The molecule has 0 spiro atoms. The smallest absolute Gasteiger partial charge is 0.414 e. The Balaban J connectivity index is 0.000000366. The van der Waals surface area contributed by atoms with Crippen LogP contribution in [0.1, 0.15) is 5.56 Å². The minimum absolute atomic E-state index is 0.898. The van der Waals surface area contributed by atoms with Crippen LogP contribution in [0.15, 0.2) is 36.4 Å². The molecule has 0 heterocycles. The largest absolute Gasteiger partial charge is 0.478 e. The van der Waals surface area contributed by atoms with E-state index in [1.807, 2.05) is 30.3 Å². The van der Waals surface area contributed by atoms with Crippen LogP contribution in [0.4, 0.5) is 0 Å². The molecule has 1 rings (SSSR count). The summed E-state index contributed by atoms with van der Waals surface area (Å²) in [6.07, 6.45) is 2.68. The van der Waals surface area contributed by atoms with Crippen LogP contribution in [0.3, 0.4) is 0 Å². The molecule has 0 atom stereocenters. The van der Waals surface area contributed by atoms with Gasteiger partial charge >= 0.3 is 17.9 Å². The summed E-state index contributed by atoms with van der Waals surface area (Å²) in [5.74, 6) is -4.57. The molecule has 0 unspecified atom stereocenters. The minimum Gasteiger partial charge on any atom is -0.478 e. The predicted molar refractivity (Wildman–Crippen MR) is 58.4 cm³/mol. The van der Waals surface area contributed by atoms with Gasteiger partial charge in [0.05, 0.1) is 0 Å². The summed E-state index contributed by atoms with van der Waals surface area (Å²) in [6.45, 7) is 0. The Morgan fingerprint density at radius 2 is 1.35 bits per heavy atom. The maximum atomic E-state index is 10.1. The Morgan fingerprint density at radius 3 is 1.71 bits per heavy atom. The van der Waals surface area contributed by atoms with Crippen molar-refractivity contribution in [3.05, 3.63) is 42.0 Å². The SMILES string of the molecule is O=C(O)C(=O)O.O=C(O)C=Cc1ccccc1. The first kappa shape index (κ1) is 14.4. The van der Waals surface area contributed by atoms with E-state index in [0.717, 1.165) is 11.6 Å². The van der Waals surface area contributed by atoms with Gasteiger partial charge in [-0.3, -0.25) is 0 Å². The van der Waals surface area contributed by atoms with E-state index in [1.165, 1.54) is 0 Å². The van der Waals surface area contributed by atoms with E-state index in [9.17, 15) is 4.79 Å². The van der Waals surface area contributed by atoms with Crippen LogP contribution < -0.4 is 0 Å². The van der Waals surface area contributed by atoms with E-state index in [-0.39, 0.29) is 0 Å². The van der Waals surface area contributed by atoms with Crippen molar-refractivity contribution in [2.45, 2.75) is 0 Å². The lowest BCUT2D eigenvalue weighted by atomic mass is 10.2. The lowest BCUT2D eigenvalue weighted by Crippen LogP contribution is -2.09. The average molecular weight is 238 g/mol. The third kappa shape index (κ3) is 8.37. The molecule has 1 aromatic rings. The second-order valence-corrected chi connectivity index (χ2v) is 2.69. The number of hydrogen-bond acceptors (Lipinski definition) is 3. The van der Waals surface area contributed by atoms with Crippen molar-refractivity contribution in [3.63, 3.8) is 0 Å². The fourth-order valence-corrected chi connectivity index (χ4v) is 0.732. The molecule has 0 aliphatic heterocycles. The Labute approximate surface area is 96.4 Å². The first-order valence-corrected chi connectivity index (χ1v) is 4.35. The second-order valence-electron chi connectivity index (χ2n) is 2.69. The molecule has 3 N–H and O–H groups in total. The third-order valence-electron chi connectivity index (χ3n) is 1.40. The second kappa shape index (κ2) is 7.63. The van der Waals surface area contributed by atoms with Gasteiger partial charge in [-0.25, -0.2) is 14.4 Å². The van der Waals surface area contributed by atoms with Gasteiger partial charge in [0.15, 0.2) is 0 Å². The third-order valence-corrected chi connectivity index (χ3v) is 1.40. The minimum atomic E-state index is -1.82. The van der Waals surface area contributed by atoms with Gasteiger partial charge in [-0.1, -0.05) is 30.3 Å². The Bertz CT molecular complexity index is 409. The zero-order valence-electron chi connectivity index (χ0n) is 8.61. The van der Waals surface area contributed by atoms with E-state index in [0.29, 0.717) is 0 Å². The van der Waals surface area contributed by atoms with Crippen molar-refractivity contribution in [3.8, 4) is 0 Å². The van der Waals surface area contributed by atoms with Crippen LogP contribution in [0.2, 0.25) is 0 Å². The molecule has 0 aromatic heterocycles. The molecule has 0 fully saturated rings. The van der Waals surface area contributed by atoms with Crippen molar-refractivity contribution in [2.24, 2.45) is 0 Å². The fourth-order valence-electron chi connectivity index (χ4n) is 0.732. The molecule has 0 saturated carbocycles. The molecular formula is C11H10O6. The van der Waals surface area contributed by atoms with Crippen molar-refractivity contribution >= 4 is 24.0 Å². The van der Waals surface area contributed by atoms with Crippen LogP contribution >= 0.6 is 0 Å². The molecule has 90 valence electrons.